The quantitative estimate of drug-likeness (QED) is 0.422. The number of furan rings is 1. The molecule has 3 N–H and O–H groups in total. The van der Waals surface area contributed by atoms with E-state index in [4.69, 9.17) is 4.42 Å². The van der Waals surface area contributed by atoms with Crippen molar-refractivity contribution in [2.75, 3.05) is 13.1 Å². The number of ketones is 2. The van der Waals surface area contributed by atoms with Crippen molar-refractivity contribution in [2.45, 2.75) is 78.4 Å². The molecule has 1 saturated heterocycles. The van der Waals surface area contributed by atoms with Crippen LogP contribution in [0.15, 0.2) is 34.7 Å². The van der Waals surface area contributed by atoms with Crippen LogP contribution < -0.4 is 16.0 Å². The van der Waals surface area contributed by atoms with Crippen LogP contribution >= 0.6 is 0 Å². The molecule has 2 heterocycles. The molecule has 0 radical (unpaired) electrons. The van der Waals surface area contributed by atoms with E-state index in [0.717, 1.165) is 5.39 Å². The summed E-state index contributed by atoms with van der Waals surface area (Å²) in [6.07, 6.45) is 1.75. The van der Waals surface area contributed by atoms with E-state index in [-0.39, 0.29) is 35.7 Å². The van der Waals surface area contributed by atoms with Crippen LogP contribution in [0.3, 0.4) is 0 Å². The molecule has 1 aromatic carbocycles. The van der Waals surface area contributed by atoms with Crippen LogP contribution in [0.4, 0.5) is 4.79 Å². The molecule has 10 nitrogen and oxygen atoms in total. The Labute approximate surface area is 229 Å². The number of nitrogens with one attached hydrogen (secondary N) is 3. The molecule has 0 aliphatic carbocycles. The van der Waals surface area contributed by atoms with Crippen LogP contribution in [-0.4, -0.2) is 65.5 Å². The Kier molecular flexibility index (Phi) is 10.3. The summed E-state index contributed by atoms with van der Waals surface area (Å²) in [6, 6.07) is 6.14. The third kappa shape index (κ3) is 8.40. The molecule has 1 aromatic heterocycles. The van der Waals surface area contributed by atoms with E-state index >= 15 is 0 Å². The number of likely N-dealkylation sites (tertiary alicyclic amines) is 1. The molecule has 10 heteroatoms. The van der Waals surface area contributed by atoms with Crippen molar-refractivity contribution in [3.63, 3.8) is 0 Å². The average Bonchev–Trinajstić information content (AvgIpc) is 3.21. The predicted octanol–water partition coefficient (Wildman–Crippen LogP) is 3.44. The van der Waals surface area contributed by atoms with Gasteiger partial charge >= 0.3 is 6.03 Å². The third-order valence-corrected chi connectivity index (χ3v) is 6.73. The minimum atomic E-state index is -0.867. The summed E-state index contributed by atoms with van der Waals surface area (Å²) in [5.41, 5.74) is 0.573. The summed E-state index contributed by atoms with van der Waals surface area (Å²) < 4.78 is 5.63. The fourth-order valence-corrected chi connectivity index (χ4v) is 4.69. The van der Waals surface area contributed by atoms with Crippen LogP contribution in [0.1, 0.15) is 70.9 Å². The predicted molar refractivity (Wildman–Crippen MR) is 147 cm³/mol. The third-order valence-electron chi connectivity index (χ3n) is 6.73. The maximum Gasteiger partial charge on any atom is 0.318 e. The van der Waals surface area contributed by atoms with Gasteiger partial charge in [0.2, 0.25) is 5.91 Å². The molecule has 2 aromatic rings. The van der Waals surface area contributed by atoms with Gasteiger partial charge in [0.1, 0.15) is 11.6 Å². The Morgan fingerprint density at radius 3 is 2.31 bits per heavy atom. The summed E-state index contributed by atoms with van der Waals surface area (Å²) in [7, 11) is 0. The molecule has 0 spiro atoms. The second kappa shape index (κ2) is 13.4. The number of urea groups is 1. The van der Waals surface area contributed by atoms with E-state index in [1.165, 1.54) is 11.8 Å². The van der Waals surface area contributed by atoms with E-state index in [0.29, 0.717) is 37.8 Å². The Morgan fingerprint density at radius 2 is 1.67 bits per heavy atom. The lowest BCUT2D eigenvalue weighted by Gasteiger charge is -2.25. The van der Waals surface area contributed by atoms with Gasteiger partial charge in [0.25, 0.3) is 5.91 Å². The molecule has 1 unspecified atom stereocenters. The molecule has 39 heavy (non-hydrogen) atoms. The molecule has 212 valence electrons. The van der Waals surface area contributed by atoms with Gasteiger partial charge in [0.15, 0.2) is 17.3 Å². The summed E-state index contributed by atoms with van der Waals surface area (Å²) in [5.74, 6) is -0.986. The first-order chi connectivity index (χ1) is 18.4. The molecule has 1 aliphatic rings. The van der Waals surface area contributed by atoms with Crippen LogP contribution in [0.25, 0.3) is 11.0 Å². The molecule has 1 aliphatic heterocycles. The average molecular weight is 541 g/mol. The number of hydrogen-bond acceptors (Lipinski definition) is 6. The minimum Gasteiger partial charge on any atom is -0.451 e. The van der Waals surface area contributed by atoms with E-state index in [1.54, 1.807) is 12.1 Å². The van der Waals surface area contributed by atoms with Crippen LogP contribution in [0, 0.1) is 11.8 Å². The lowest BCUT2D eigenvalue weighted by molar-refractivity contribution is -0.129. The van der Waals surface area contributed by atoms with Gasteiger partial charge < -0.3 is 25.3 Å². The summed E-state index contributed by atoms with van der Waals surface area (Å²) >= 11 is 0. The second-order valence-corrected chi connectivity index (χ2v) is 11.1. The zero-order chi connectivity index (χ0) is 28.7. The molecular weight excluding hydrogens is 500 g/mol. The normalized spacial score (nSPS) is 17.6. The zero-order valence-electron chi connectivity index (χ0n) is 23.4. The van der Waals surface area contributed by atoms with Crippen LogP contribution in [0.2, 0.25) is 0 Å². The van der Waals surface area contributed by atoms with Gasteiger partial charge in [-0.3, -0.25) is 19.2 Å². The summed E-state index contributed by atoms with van der Waals surface area (Å²) in [6.45, 7) is 9.40. The first-order valence-corrected chi connectivity index (χ1v) is 13.6. The molecule has 1 fully saturated rings. The van der Waals surface area contributed by atoms with Crippen molar-refractivity contribution in [1.82, 2.24) is 20.9 Å². The standard InChI is InChI=1S/C29H40N4O6/c1-17(2)13-22(19(5)34)32-29(38)33-12-8-10-21(24(35)16-33)30-27(36)23(14-18(3)4)31-28(37)26-15-20-9-6-7-11-25(20)39-26/h6-7,9,11,15,17-18,21-23H,8,10,12-14,16H2,1-5H3,(H,30,36)(H,31,37)(H,32,38)/t21-,22?,23-/m0/s1. The lowest BCUT2D eigenvalue weighted by atomic mass is 10.0. The lowest BCUT2D eigenvalue weighted by Crippen LogP contribution is -2.53. The number of hydrogen-bond donors (Lipinski definition) is 3. The van der Waals surface area contributed by atoms with E-state index < -0.39 is 36.0 Å². The highest BCUT2D eigenvalue weighted by Crippen LogP contribution is 2.19. The first kappa shape index (κ1) is 29.9. The summed E-state index contributed by atoms with van der Waals surface area (Å²) in [5, 5.41) is 9.08. The van der Waals surface area contributed by atoms with Gasteiger partial charge in [0.05, 0.1) is 18.6 Å². The Bertz CT molecular complexity index is 1170. The number of nitrogens with zero attached hydrogens (tertiary/aromatic N) is 1. The van der Waals surface area contributed by atoms with Crippen LogP contribution in [-0.2, 0) is 14.4 Å². The van der Waals surface area contributed by atoms with E-state index in [9.17, 15) is 24.0 Å². The van der Waals surface area contributed by atoms with Gasteiger partial charge in [-0.2, -0.15) is 0 Å². The van der Waals surface area contributed by atoms with Crippen molar-refractivity contribution in [3.05, 3.63) is 36.1 Å². The molecule has 4 amide bonds. The fraction of sp³-hybridized carbons (Fsp3) is 0.552. The largest absolute Gasteiger partial charge is 0.451 e. The minimum absolute atomic E-state index is 0.0980. The van der Waals surface area contributed by atoms with Crippen molar-refractivity contribution < 1.29 is 28.4 Å². The van der Waals surface area contributed by atoms with Gasteiger partial charge in [-0.15, -0.1) is 0 Å². The van der Waals surface area contributed by atoms with Crippen molar-refractivity contribution in [1.29, 1.82) is 0 Å². The van der Waals surface area contributed by atoms with Crippen molar-refractivity contribution in [2.24, 2.45) is 11.8 Å². The van der Waals surface area contributed by atoms with Gasteiger partial charge in [-0.25, -0.2) is 4.79 Å². The fourth-order valence-electron chi connectivity index (χ4n) is 4.69. The van der Waals surface area contributed by atoms with E-state index in [1.807, 2.05) is 45.9 Å². The zero-order valence-corrected chi connectivity index (χ0v) is 23.4. The van der Waals surface area contributed by atoms with Crippen LogP contribution in [0.5, 0.6) is 0 Å². The number of carbonyl (C=O) groups excluding carboxylic acids is 5. The van der Waals surface area contributed by atoms with Crippen molar-refractivity contribution >= 4 is 40.4 Å². The van der Waals surface area contributed by atoms with E-state index in [2.05, 4.69) is 16.0 Å². The smallest absolute Gasteiger partial charge is 0.318 e. The van der Waals surface area contributed by atoms with Gasteiger partial charge in [0, 0.05) is 11.9 Å². The number of para-hydroxylation sites is 1. The number of carbonyl (C=O) groups is 5. The number of rotatable bonds is 10. The number of fused-ring (bicyclic) bond motifs is 1. The molecular formula is C29H40N4O6. The van der Waals surface area contributed by atoms with Crippen molar-refractivity contribution in [3.8, 4) is 0 Å². The number of amides is 4. The molecule has 3 atom stereocenters. The SMILES string of the molecule is CC(=O)C(CC(C)C)NC(=O)N1CCC[C@H](NC(=O)[C@H](CC(C)C)NC(=O)c2cc3ccccc3o2)C(=O)C1. The molecule has 0 saturated carbocycles. The highest BCUT2D eigenvalue weighted by atomic mass is 16.3. The maximum atomic E-state index is 13.2. The maximum absolute atomic E-state index is 13.2. The highest BCUT2D eigenvalue weighted by molar-refractivity contribution is 6.00. The Morgan fingerprint density at radius 1 is 1.00 bits per heavy atom. The Hall–Kier alpha value is -3.69. The highest BCUT2D eigenvalue weighted by Gasteiger charge is 2.32. The number of Topliss-reactive ketones (excluding diaryl/α,β-unsaturated/α-hetero) is 2. The second-order valence-electron chi connectivity index (χ2n) is 11.1. The Balaban J connectivity index is 1.63. The number of benzene rings is 1. The first-order valence-electron chi connectivity index (χ1n) is 13.6. The molecule has 3 rings (SSSR count). The summed E-state index contributed by atoms with van der Waals surface area (Å²) in [4.78, 5) is 65.4. The monoisotopic (exact) mass is 540 g/mol. The topological polar surface area (TPSA) is 138 Å². The van der Waals surface area contributed by atoms with Gasteiger partial charge in [-0.05, 0) is 56.6 Å². The molecule has 0 bridgehead atoms. The van der Waals surface area contributed by atoms with Gasteiger partial charge in [-0.1, -0.05) is 45.9 Å².